The Balaban J connectivity index is 1.78. The minimum atomic E-state index is -5.66. The van der Waals surface area contributed by atoms with Crippen molar-refractivity contribution in [2.75, 3.05) is 12.3 Å². The van der Waals surface area contributed by atoms with Crippen molar-refractivity contribution in [3.8, 4) is 0 Å². The monoisotopic (exact) mass is 402 g/mol. The van der Waals surface area contributed by atoms with Gasteiger partial charge < -0.3 is 49.7 Å². The van der Waals surface area contributed by atoms with Crippen molar-refractivity contribution in [3.63, 3.8) is 0 Å². The lowest BCUT2D eigenvalue weighted by molar-refractivity contribution is -0.340. The van der Waals surface area contributed by atoms with Gasteiger partial charge in [-0.3, -0.25) is 4.57 Å². The summed E-state index contributed by atoms with van der Waals surface area (Å²) in [4.78, 5) is 44.2. The molecule has 0 saturated carbocycles. The molecular formula is C12H13N5O9P-3. The Morgan fingerprint density at radius 1 is 1.37 bits per heavy atom. The van der Waals surface area contributed by atoms with E-state index < -0.39 is 50.6 Å². The fourth-order valence-corrected chi connectivity index (χ4v) is 3.15. The van der Waals surface area contributed by atoms with Crippen LogP contribution in [0.2, 0.25) is 0 Å². The highest BCUT2D eigenvalue weighted by Gasteiger charge is 2.44. The molecule has 1 aliphatic heterocycles. The summed E-state index contributed by atoms with van der Waals surface area (Å²) in [5.41, 5.74) is 6.07. The first-order valence-corrected chi connectivity index (χ1v) is 9.01. The van der Waals surface area contributed by atoms with Crippen LogP contribution in [0.3, 0.4) is 0 Å². The van der Waals surface area contributed by atoms with Crippen molar-refractivity contribution in [1.82, 2.24) is 19.5 Å². The van der Waals surface area contributed by atoms with E-state index in [2.05, 4.69) is 19.7 Å². The molecule has 14 nitrogen and oxygen atoms in total. The van der Waals surface area contributed by atoms with Crippen LogP contribution in [0.15, 0.2) is 12.7 Å². The molecule has 0 aromatic carbocycles. The first-order chi connectivity index (χ1) is 12.6. The minimum Gasteiger partial charge on any atom is -0.809 e. The second-order valence-corrected chi connectivity index (χ2v) is 7.22. The number of aliphatic hydroxyl groups excluding tert-OH is 2. The SMILES string of the molecule is Nc1ncnc2c1ncn2[C@@H]1O[C@H](COC(C(=O)[O-])P(=O)([O-])[O-])[C@@H](O)[C@H]1O. The Bertz CT molecular complexity index is 901. The van der Waals surface area contributed by atoms with E-state index >= 15 is 0 Å². The van der Waals surface area contributed by atoms with E-state index in [1.165, 1.54) is 10.9 Å². The third kappa shape index (κ3) is 3.64. The number of nitrogens with two attached hydrogens (primary N) is 1. The molecule has 5 atom stereocenters. The number of hydrogen-bond acceptors (Lipinski definition) is 13. The first kappa shape index (κ1) is 19.6. The average Bonchev–Trinajstić information content (AvgIpc) is 3.11. The number of carboxylic acids is 1. The molecule has 148 valence electrons. The molecule has 0 aliphatic carbocycles. The topological polar surface area (TPSA) is 232 Å². The number of fused-ring (bicyclic) bond motifs is 1. The Hall–Kier alpha value is -2.19. The maximum Gasteiger partial charge on any atom is 0.167 e. The van der Waals surface area contributed by atoms with Gasteiger partial charge in [0.15, 0.2) is 17.7 Å². The number of rotatable bonds is 6. The Morgan fingerprint density at radius 3 is 2.70 bits per heavy atom. The predicted molar refractivity (Wildman–Crippen MR) is 78.0 cm³/mol. The summed E-state index contributed by atoms with van der Waals surface area (Å²) >= 11 is 0. The van der Waals surface area contributed by atoms with Gasteiger partial charge in [-0.25, -0.2) is 15.0 Å². The average molecular weight is 402 g/mol. The number of anilines is 1. The van der Waals surface area contributed by atoms with Crippen LogP contribution in [0.25, 0.3) is 11.2 Å². The number of hydrogen-bond donors (Lipinski definition) is 3. The molecule has 1 fully saturated rings. The van der Waals surface area contributed by atoms with Crippen LogP contribution < -0.4 is 20.6 Å². The van der Waals surface area contributed by atoms with Crippen molar-refractivity contribution in [2.24, 2.45) is 0 Å². The third-order valence-electron chi connectivity index (χ3n) is 3.91. The highest BCUT2D eigenvalue weighted by atomic mass is 31.2. The highest BCUT2D eigenvalue weighted by molar-refractivity contribution is 7.50. The van der Waals surface area contributed by atoms with Crippen LogP contribution in [-0.2, 0) is 18.8 Å². The number of imidazole rings is 1. The van der Waals surface area contributed by atoms with Crippen LogP contribution >= 0.6 is 7.60 Å². The van der Waals surface area contributed by atoms with Crippen molar-refractivity contribution >= 4 is 30.5 Å². The fourth-order valence-electron chi connectivity index (χ4n) is 2.63. The van der Waals surface area contributed by atoms with E-state index in [9.17, 15) is 34.5 Å². The quantitative estimate of drug-likeness (QED) is 0.385. The predicted octanol–water partition coefficient (Wildman–Crippen LogP) is -4.97. The molecule has 1 aliphatic rings. The molecule has 4 N–H and O–H groups in total. The number of nitrogen functional groups attached to an aromatic ring is 1. The fraction of sp³-hybridized carbons (Fsp3) is 0.500. The lowest BCUT2D eigenvalue weighted by Crippen LogP contribution is -2.45. The molecule has 0 spiro atoms. The zero-order chi connectivity index (χ0) is 19.9. The van der Waals surface area contributed by atoms with Gasteiger partial charge in [0.1, 0.15) is 36.0 Å². The smallest absolute Gasteiger partial charge is 0.167 e. The van der Waals surface area contributed by atoms with Crippen LogP contribution in [0.5, 0.6) is 0 Å². The normalized spacial score (nSPS) is 27.1. The molecule has 27 heavy (non-hydrogen) atoms. The van der Waals surface area contributed by atoms with Gasteiger partial charge in [0.05, 0.1) is 18.9 Å². The van der Waals surface area contributed by atoms with E-state index in [0.29, 0.717) is 0 Å². The minimum absolute atomic E-state index is 0.0742. The maximum absolute atomic E-state index is 10.9. The van der Waals surface area contributed by atoms with Gasteiger partial charge in [-0.1, -0.05) is 0 Å². The number of aliphatic carboxylic acids is 1. The van der Waals surface area contributed by atoms with Crippen LogP contribution in [0.1, 0.15) is 6.23 Å². The highest BCUT2D eigenvalue weighted by Crippen LogP contribution is 2.35. The number of aliphatic hydroxyl groups is 2. The van der Waals surface area contributed by atoms with E-state index in [4.69, 9.17) is 10.5 Å². The second kappa shape index (κ2) is 7.09. The van der Waals surface area contributed by atoms with Crippen molar-refractivity contribution in [3.05, 3.63) is 12.7 Å². The van der Waals surface area contributed by atoms with Gasteiger partial charge >= 0.3 is 0 Å². The Labute approximate surface area is 150 Å². The van der Waals surface area contributed by atoms with Gasteiger partial charge in [0.2, 0.25) is 0 Å². The molecule has 3 rings (SSSR count). The molecule has 0 bridgehead atoms. The zero-order valence-electron chi connectivity index (χ0n) is 13.3. The van der Waals surface area contributed by atoms with Crippen LogP contribution in [0.4, 0.5) is 5.82 Å². The van der Waals surface area contributed by atoms with Crippen molar-refractivity contribution in [1.29, 1.82) is 0 Å². The third-order valence-corrected chi connectivity index (χ3v) is 4.84. The van der Waals surface area contributed by atoms with Gasteiger partial charge in [-0.2, -0.15) is 0 Å². The van der Waals surface area contributed by atoms with Crippen LogP contribution in [-0.4, -0.2) is 66.5 Å². The largest absolute Gasteiger partial charge is 0.809 e. The molecular weight excluding hydrogens is 389 g/mol. The van der Waals surface area contributed by atoms with E-state index in [1.807, 2.05) is 0 Å². The zero-order valence-corrected chi connectivity index (χ0v) is 14.2. The van der Waals surface area contributed by atoms with Gasteiger partial charge in [0.25, 0.3) is 0 Å². The summed E-state index contributed by atoms with van der Waals surface area (Å²) in [5.74, 6) is -4.93. The lowest BCUT2D eigenvalue weighted by Gasteiger charge is -2.38. The van der Waals surface area contributed by atoms with Crippen molar-refractivity contribution < 1.29 is 43.9 Å². The van der Waals surface area contributed by atoms with Gasteiger partial charge in [0, 0.05) is 0 Å². The van der Waals surface area contributed by atoms with Crippen molar-refractivity contribution in [2.45, 2.75) is 30.4 Å². The molecule has 3 heterocycles. The number of nitrogens with zero attached hydrogens (tertiary/aromatic N) is 4. The summed E-state index contributed by atoms with van der Waals surface area (Å²) < 4.78 is 22.1. The van der Waals surface area contributed by atoms with Gasteiger partial charge in [-0.15, -0.1) is 0 Å². The van der Waals surface area contributed by atoms with E-state index in [0.717, 1.165) is 6.33 Å². The molecule has 2 aromatic heterocycles. The summed E-state index contributed by atoms with van der Waals surface area (Å²) in [7, 11) is -5.66. The van der Waals surface area contributed by atoms with Gasteiger partial charge in [-0.05, 0) is 7.60 Å². The number of carbonyl (C=O) groups excluding carboxylic acids is 1. The molecule has 2 aromatic rings. The Kier molecular flexibility index (Phi) is 5.14. The van der Waals surface area contributed by atoms with E-state index in [1.54, 1.807) is 0 Å². The standard InChI is InChI=1S/C12H16N5O9P/c13-8-5-9(15-2-14-8)17(3-16-5)10-7(19)6(18)4(26-10)1-25-12(11(20)21)27(22,23)24/h2-4,6-7,10,12,18-19H,1H2,(H,20,21)(H2,13,14,15)(H2,22,23,24)/p-3/t4-,6-,7-,10-,12?/m1/s1. The first-order valence-electron chi connectivity index (χ1n) is 7.40. The second-order valence-electron chi connectivity index (χ2n) is 5.67. The van der Waals surface area contributed by atoms with Crippen LogP contribution in [0, 0.1) is 0 Å². The summed E-state index contributed by atoms with van der Waals surface area (Å²) in [6.07, 6.45) is -3.31. The molecule has 0 radical (unpaired) electrons. The summed E-state index contributed by atoms with van der Waals surface area (Å²) in [6.45, 7) is -0.814. The lowest BCUT2D eigenvalue weighted by atomic mass is 10.1. The number of carbonyl (C=O) groups is 1. The number of carboxylic acid groups (broad SMARTS) is 1. The number of aromatic nitrogens is 4. The van der Waals surface area contributed by atoms with E-state index in [-0.39, 0.29) is 17.0 Å². The number of ether oxygens (including phenoxy) is 2. The molecule has 1 saturated heterocycles. The summed E-state index contributed by atoms with van der Waals surface area (Å²) in [5, 5.41) is 31.0. The maximum atomic E-state index is 10.9. The molecule has 1 unspecified atom stereocenters. The summed E-state index contributed by atoms with van der Waals surface area (Å²) in [6, 6.07) is 0. The molecule has 15 heteroatoms. The Morgan fingerprint density at radius 2 is 2.07 bits per heavy atom. The molecule has 0 amide bonds.